The Labute approximate surface area is 125 Å². The molecular formula is C11H15BrN2O5S. The number of nitrogens with two attached hydrogens (primary N) is 1. The zero-order chi connectivity index (χ0) is 15.2. The average molecular weight is 367 g/mol. The molecule has 0 saturated carbocycles. The molecule has 0 radical (unpaired) electrons. The molecule has 20 heavy (non-hydrogen) atoms. The van der Waals surface area contributed by atoms with Crippen LogP contribution in [0, 0.1) is 0 Å². The minimum atomic E-state index is -3.93. The van der Waals surface area contributed by atoms with Gasteiger partial charge < -0.3 is 14.8 Å². The van der Waals surface area contributed by atoms with Crippen LogP contribution in [0.4, 0.5) is 0 Å². The number of carbonyl (C=O) groups excluding carboxylic acids is 1. The molecule has 0 bridgehead atoms. The van der Waals surface area contributed by atoms with Gasteiger partial charge in [-0.25, -0.2) is 13.6 Å². The first-order valence-electron chi connectivity index (χ1n) is 5.55. The number of carbonyl (C=O) groups is 1. The fourth-order valence-electron chi connectivity index (χ4n) is 1.31. The number of primary sulfonamides is 1. The van der Waals surface area contributed by atoms with Crippen LogP contribution in [0.15, 0.2) is 27.6 Å². The molecule has 0 aromatic heterocycles. The molecule has 0 heterocycles. The topological polar surface area (TPSA) is 108 Å². The van der Waals surface area contributed by atoms with Crippen molar-refractivity contribution in [1.82, 2.24) is 5.32 Å². The van der Waals surface area contributed by atoms with Gasteiger partial charge in [0.25, 0.3) is 5.91 Å². The third-order valence-corrected chi connectivity index (χ3v) is 3.62. The molecule has 0 aliphatic carbocycles. The quantitative estimate of drug-likeness (QED) is 0.672. The van der Waals surface area contributed by atoms with E-state index in [0.29, 0.717) is 17.6 Å². The zero-order valence-electron chi connectivity index (χ0n) is 10.8. The van der Waals surface area contributed by atoms with Crippen molar-refractivity contribution in [2.75, 3.05) is 26.9 Å². The van der Waals surface area contributed by atoms with Crippen molar-refractivity contribution in [3.63, 3.8) is 0 Å². The molecule has 1 aromatic carbocycles. The Kier molecular flexibility index (Phi) is 6.40. The number of methoxy groups -OCH3 is 1. The van der Waals surface area contributed by atoms with E-state index in [9.17, 15) is 13.2 Å². The lowest BCUT2D eigenvalue weighted by atomic mass is 10.3. The number of ether oxygens (including phenoxy) is 2. The molecule has 9 heteroatoms. The van der Waals surface area contributed by atoms with Crippen LogP contribution in [0.2, 0.25) is 0 Å². The van der Waals surface area contributed by atoms with Gasteiger partial charge in [-0.2, -0.15) is 0 Å². The van der Waals surface area contributed by atoms with Crippen LogP contribution < -0.4 is 15.2 Å². The van der Waals surface area contributed by atoms with Crippen molar-refractivity contribution in [2.45, 2.75) is 4.90 Å². The van der Waals surface area contributed by atoms with E-state index in [2.05, 4.69) is 21.2 Å². The lowest BCUT2D eigenvalue weighted by Gasteiger charge is -2.10. The highest BCUT2D eigenvalue weighted by molar-refractivity contribution is 9.10. The summed E-state index contributed by atoms with van der Waals surface area (Å²) in [5.41, 5.74) is 0. The molecule has 112 valence electrons. The molecule has 0 atom stereocenters. The van der Waals surface area contributed by atoms with Gasteiger partial charge in [0.15, 0.2) is 6.61 Å². The fourth-order valence-corrected chi connectivity index (χ4v) is 2.52. The Morgan fingerprint density at radius 3 is 2.75 bits per heavy atom. The summed E-state index contributed by atoms with van der Waals surface area (Å²) in [6.07, 6.45) is 0. The number of amides is 1. The van der Waals surface area contributed by atoms with Crippen molar-refractivity contribution >= 4 is 31.9 Å². The SMILES string of the molecule is COCCNC(=O)COc1ccc(Br)cc1S(N)(=O)=O. The first-order valence-corrected chi connectivity index (χ1v) is 7.89. The van der Waals surface area contributed by atoms with Crippen LogP contribution >= 0.6 is 15.9 Å². The Balaban J connectivity index is 2.71. The number of halogens is 1. The Hall–Kier alpha value is -1.16. The number of sulfonamides is 1. The molecule has 3 N–H and O–H groups in total. The molecule has 1 aromatic rings. The van der Waals surface area contributed by atoms with E-state index in [1.807, 2.05) is 0 Å². The minimum absolute atomic E-state index is 0.0255. The van der Waals surface area contributed by atoms with Gasteiger partial charge in [-0.15, -0.1) is 0 Å². The van der Waals surface area contributed by atoms with Gasteiger partial charge in [0, 0.05) is 18.1 Å². The second kappa shape index (κ2) is 7.58. The maximum absolute atomic E-state index is 11.4. The summed E-state index contributed by atoms with van der Waals surface area (Å²) in [6.45, 7) is 0.418. The van der Waals surface area contributed by atoms with Gasteiger partial charge in [0.2, 0.25) is 10.0 Å². The molecule has 7 nitrogen and oxygen atoms in total. The van der Waals surface area contributed by atoms with E-state index in [1.54, 1.807) is 6.07 Å². The maximum atomic E-state index is 11.4. The molecule has 0 fully saturated rings. The summed E-state index contributed by atoms with van der Waals surface area (Å²) in [5, 5.41) is 7.63. The van der Waals surface area contributed by atoms with Crippen molar-refractivity contribution in [2.24, 2.45) is 5.14 Å². The van der Waals surface area contributed by atoms with Crippen LogP contribution in [-0.2, 0) is 19.6 Å². The molecule has 0 aliphatic rings. The minimum Gasteiger partial charge on any atom is -0.482 e. The summed E-state index contributed by atoms with van der Waals surface area (Å²) in [5.74, 6) is -0.358. The second-order valence-electron chi connectivity index (χ2n) is 3.77. The maximum Gasteiger partial charge on any atom is 0.258 e. The largest absolute Gasteiger partial charge is 0.482 e. The van der Waals surface area contributed by atoms with Crippen LogP contribution in [0.25, 0.3) is 0 Å². The predicted molar refractivity (Wildman–Crippen MR) is 75.9 cm³/mol. The van der Waals surface area contributed by atoms with Crippen molar-refractivity contribution < 1.29 is 22.7 Å². The number of hydrogen-bond acceptors (Lipinski definition) is 5. The van der Waals surface area contributed by atoms with Gasteiger partial charge in [0.1, 0.15) is 10.6 Å². The lowest BCUT2D eigenvalue weighted by Crippen LogP contribution is -2.31. The summed E-state index contributed by atoms with van der Waals surface area (Å²) >= 11 is 3.14. The van der Waals surface area contributed by atoms with Gasteiger partial charge in [-0.1, -0.05) is 15.9 Å². The smallest absolute Gasteiger partial charge is 0.258 e. The highest BCUT2D eigenvalue weighted by atomic mass is 79.9. The highest BCUT2D eigenvalue weighted by Crippen LogP contribution is 2.26. The number of benzene rings is 1. The average Bonchev–Trinajstić information content (AvgIpc) is 2.36. The molecule has 0 saturated heterocycles. The first-order chi connectivity index (χ1) is 9.34. The Morgan fingerprint density at radius 2 is 2.15 bits per heavy atom. The Bertz CT molecular complexity index is 576. The molecular weight excluding hydrogens is 352 g/mol. The molecule has 0 aliphatic heterocycles. The van der Waals surface area contributed by atoms with E-state index < -0.39 is 10.0 Å². The van der Waals surface area contributed by atoms with Crippen molar-refractivity contribution in [1.29, 1.82) is 0 Å². The highest BCUT2D eigenvalue weighted by Gasteiger charge is 2.16. The molecule has 0 spiro atoms. The number of rotatable bonds is 7. The normalized spacial score (nSPS) is 11.2. The summed E-state index contributed by atoms with van der Waals surface area (Å²) in [6, 6.07) is 4.33. The predicted octanol–water partition coefficient (Wildman–Crippen LogP) is 0.238. The third kappa shape index (κ3) is 5.45. The van der Waals surface area contributed by atoms with Gasteiger partial charge in [-0.3, -0.25) is 4.79 Å². The van der Waals surface area contributed by atoms with E-state index >= 15 is 0 Å². The molecule has 1 amide bonds. The second-order valence-corrected chi connectivity index (χ2v) is 6.21. The lowest BCUT2D eigenvalue weighted by molar-refractivity contribution is -0.123. The van der Waals surface area contributed by atoms with Gasteiger partial charge in [0.05, 0.1) is 6.61 Å². The van der Waals surface area contributed by atoms with Crippen molar-refractivity contribution in [3.8, 4) is 5.75 Å². The fraction of sp³-hybridized carbons (Fsp3) is 0.364. The van der Waals surface area contributed by atoms with Crippen LogP contribution in [0.3, 0.4) is 0 Å². The van der Waals surface area contributed by atoms with Crippen molar-refractivity contribution in [3.05, 3.63) is 22.7 Å². The monoisotopic (exact) mass is 366 g/mol. The number of nitrogens with one attached hydrogen (secondary N) is 1. The molecule has 1 rings (SSSR count). The van der Waals surface area contributed by atoms with E-state index in [0.717, 1.165) is 0 Å². The van der Waals surface area contributed by atoms with Crippen LogP contribution in [0.1, 0.15) is 0 Å². The van der Waals surface area contributed by atoms with Crippen LogP contribution in [0.5, 0.6) is 5.75 Å². The summed E-state index contributed by atoms with van der Waals surface area (Å²) in [7, 11) is -2.41. The zero-order valence-corrected chi connectivity index (χ0v) is 13.2. The van der Waals surface area contributed by atoms with E-state index in [4.69, 9.17) is 14.6 Å². The first kappa shape index (κ1) is 16.9. The molecule has 0 unspecified atom stereocenters. The van der Waals surface area contributed by atoms with Crippen LogP contribution in [-0.4, -0.2) is 41.2 Å². The van der Waals surface area contributed by atoms with Gasteiger partial charge in [-0.05, 0) is 18.2 Å². The summed E-state index contributed by atoms with van der Waals surface area (Å²) < 4.78 is 33.3. The van der Waals surface area contributed by atoms with Gasteiger partial charge >= 0.3 is 0 Å². The Morgan fingerprint density at radius 1 is 1.45 bits per heavy atom. The number of hydrogen-bond donors (Lipinski definition) is 2. The third-order valence-electron chi connectivity index (χ3n) is 2.20. The van der Waals surface area contributed by atoms with E-state index in [1.165, 1.54) is 19.2 Å². The standard InChI is InChI=1S/C11H15BrN2O5S/c1-18-5-4-14-11(15)7-19-9-3-2-8(12)6-10(9)20(13,16)17/h2-3,6H,4-5,7H2,1H3,(H,14,15)(H2,13,16,17). The summed E-state index contributed by atoms with van der Waals surface area (Å²) in [4.78, 5) is 11.3. The van der Waals surface area contributed by atoms with E-state index in [-0.39, 0.29) is 23.2 Å².